The number of phenols is 1. The fourth-order valence-corrected chi connectivity index (χ4v) is 3.60. The lowest BCUT2D eigenvalue weighted by Crippen LogP contribution is -2.16. The highest BCUT2D eigenvalue weighted by Gasteiger charge is 2.26. The first-order valence-corrected chi connectivity index (χ1v) is 10.7. The van der Waals surface area contributed by atoms with E-state index in [9.17, 15) is 5.11 Å². The number of aromatic hydroxyl groups is 1. The Bertz CT molecular complexity index is 908. The van der Waals surface area contributed by atoms with Crippen molar-refractivity contribution in [2.75, 3.05) is 6.61 Å². The summed E-state index contributed by atoms with van der Waals surface area (Å²) in [5.41, 5.74) is 2.68. The Kier molecular flexibility index (Phi) is 6.78. The van der Waals surface area contributed by atoms with Crippen molar-refractivity contribution in [2.24, 2.45) is 0 Å². The van der Waals surface area contributed by atoms with Gasteiger partial charge in [0.1, 0.15) is 22.5 Å². The number of benzene rings is 2. The van der Waals surface area contributed by atoms with Gasteiger partial charge >= 0.3 is 0 Å². The number of nitrogens with zero attached hydrogens (tertiary/aromatic N) is 3. The molecule has 5 heteroatoms. The van der Waals surface area contributed by atoms with Gasteiger partial charge in [-0.2, -0.15) is 0 Å². The van der Waals surface area contributed by atoms with Gasteiger partial charge in [0.15, 0.2) is 5.75 Å². The lowest BCUT2D eigenvalue weighted by atomic mass is 9.85. The fourth-order valence-electron chi connectivity index (χ4n) is 3.60. The summed E-state index contributed by atoms with van der Waals surface area (Å²) in [5.74, 6) is 0.919. The van der Waals surface area contributed by atoms with Crippen molar-refractivity contribution in [1.82, 2.24) is 15.0 Å². The Labute approximate surface area is 173 Å². The van der Waals surface area contributed by atoms with E-state index in [1.807, 2.05) is 36.4 Å². The van der Waals surface area contributed by atoms with Crippen molar-refractivity contribution in [2.45, 2.75) is 71.6 Å². The van der Waals surface area contributed by atoms with Gasteiger partial charge in [0.25, 0.3) is 0 Å². The molecule has 1 aromatic heterocycles. The van der Waals surface area contributed by atoms with Crippen LogP contribution in [0.1, 0.15) is 71.8 Å². The van der Waals surface area contributed by atoms with E-state index in [0.717, 1.165) is 28.8 Å². The Hall–Kier alpha value is -2.56. The number of rotatable bonds is 9. The molecule has 29 heavy (non-hydrogen) atoms. The molecule has 0 aliphatic carbocycles. The molecular formula is C24H33N3O2. The molecule has 3 rings (SSSR count). The van der Waals surface area contributed by atoms with Gasteiger partial charge in [-0.1, -0.05) is 71.9 Å². The lowest BCUT2D eigenvalue weighted by Gasteiger charge is -2.25. The van der Waals surface area contributed by atoms with Crippen LogP contribution >= 0.6 is 0 Å². The van der Waals surface area contributed by atoms with Gasteiger partial charge in [0, 0.05) is 5.56 Å². The second-order valence-electron chi connectivity index (χ2n) is 8.65. The number of ether oxygens (including phenoxy) is 1. The van der Waals surface area contributed by atoms with Crippen molar-refractivity contribution in [3.8, 4) is 17.2 Å². The van der Waals surface area contributed by atoms with Crippen LogP contribution in [0, 0.1) is 0 Å². The smallest absolute Gasteiger partial charge is 0.150 e. The molecule has 0 saturated carbocycles. The number of unbranched alkanes of at least 4 members (excludes halogenated alkanes) is 5. The highest BCUT2D eigenvalue weighted by molar-refractivity contribution is 5.74. The summed E-state index contributed by atoms with van der Waals surface area (Å²) in [6, 6.07) is 11.5. The third kappa shape index (κ3) is 5.08. The molecule has 5 nitrogen and oxygen atoms in total. The van der Waals surface area contributed by atoms with Gasteiger partial charge in [-0.05, 0) is 36.1 Å². The van der Waals surface area contributed by atoms with Gasteiger partial charge in [0.05, 0.1) is 6.61 Å². The maximum absolute atomic E-state index is 11.1. The SMILES string of the molecule is CCCCCCCCOc1ccc(-n2nc3ccccc3n2)c(O)c1C(C)(C)C. The van der Waals surface area contributed by atoms with Crippen LogP contribution in [0.5, 0.6) is 11.5 Å². The fraction of sp³-hybridized carbons (Fsp3) is 0.500. The molecule has 0 bridgehead atoms. The summed E-state index contributed by atoms with van der Waals surface area (Å²) in [5, 5.41) is 20.1. The summed E-state index contributed by atoms with van der Waals surface area (Å²) < 4.78 is 6.09. The van der Waals surface area contributed by atoms with E-state index in [1.54, 1.807) is 0 Å². The van der Waals surface area contributed by atoms with E-state index >= 15 is 0 Å². The number of phenolic OH excluding ortho intramolecular Hbond substituents is 1. The van der Waals surface area contributed by atoms with Crippen LogP contribution < -0.4 is 4.74 Å². The van der Waals surface area contributed by atoms with Crippen molar-refractivity contribution in [3.63, 3.8) is 0 Å². The first kappa shape index (κ1) is 21.2. The Balaban J connectivity index is 1.80. The van der Waals surface area contributed by atoms with Crippen molar-refractivity contribution >= 4 is 11.0 Å². The molecule has 0 amide bonds. The molecule has 0 unspecified atom stereocenters. The third-order valence-electron chi connectivity index (χ3n) is 5.13. The molecular weight excluding hydrogens is 362 g/mol. The highest BCUT2D eigenvalue weighted by atomic mass is 16.5. The average molecular weight is 396 g/mol. The minimum atomic E-state index is -0.275. The molecule has 0 radical (unpaired) electrons. The number of aromatic nitrogens is 3. The average Bonchev–Trinajstić information content (AvgIpc) is 3.10. The Morgan fingerprint density at radius 3 is 2.14 bits per heavy atom. The minimum absolute atomic E-state index is 0.179. The third-order valence-corrected chi connectivity index (χ3v) is 5.13. The van der Waals surface area contributed by atoms with Gasteiger partial charge in [0.2, 0.25) is 0 Å². The van der Waals surface area contributed by atoms with Crippen LogP contribution in [0.25, 0.3) is 16.7 Å². The largest absolute Gasteiger partial charge is 0.505 e. The molecule has 0 atom stereocenters. The van der Waals surface area contributed by atoms with Crippen LogP contribution in [0.3, 0.4) is 0 Å². The van der Waals surface area contributed by atoms with Gasteiger partial charge < -0.3 is 9.84 Å². The van der Waals surface area contributed by atoms with Gasteiger partial charge in [-0.15, -0.1) is 15.0 Å². The first-order valence-electron chi connectivity index (χ1n) is 10.7. The molecule has 0 spiro atoms. The maximum Gasteiger partial charge on any atom is 0.150 e. The molecule has 0 fully saturated rings. The predicted octanol–water partition coefficient (Wildman–Crippen LogP) is 6.16. The molecule has 2 aromatic carbocycles. The molecule has 1 N–H and O–H groups in total. The van der Waals surface area contributed by atoms with E-state index in [0.29, 0.717) is 12.3 Å². The summed E-state index contributed by atoms with van der Waals surface area (Å²) in [6.45, 7) is 9.13. The molecule has 1 heterocycles. The second-order valence-corrected chi connectivity index (χ2v) is 8.65. The van der Waals surface area contributed by atoms with Crippen molar-refractivity contribution in [3.05, 3.63) is 42.0 Å². The summed E-state index contributed by atoms with van der Waals surface area (Å²) in [6.07, 6.45) is 7.33. The number of hydrogen-bond acceptors (Lipinski definition) is 4. The zero-order chi connectivity index (χ0) is 20.9. The van der Waals surface area contributed by atoms with E-state index in [2.05, 4.69) is 37.9 Å². The summed E-state index contributed by atoms with van der Waals surface area (Å²) >= 11 is 0. The Morgan fingerprint density at radius 2 is 1.52 bits per heavy atom. The first-order chi connectivity index (χ1) is 13.9. The zero-order valence-electron chi connectivity index (χ0n) is 18.1. The van der Waals surface area contributed by atoms with Crippen LogP contribution in [0.2, 0.25) is 0 Å². The Morgan fingerprint density at radius 1 is 0.897 bits per heavy atom. The standard InChI is InChI=1S/C24H33N3O2/c1-5-6-7-8-9-12-17-29-21-16-15-20(23(28)22(21)24(2,3)4)27-25-18-13-10-11-14-19(18)26-27/h10-11,13-16,28H,5-9,12,17H2,1-4H3. The number of fused-ring (bicyclic) bond motifs is 1. The molecule has 156 valence electrons. The van der Waals surface area contributed by atoms with E-state index in [1.165, 1.54) is 36.9 Å². The zero-order valence-corrected chi connectivity index (χ0v) is 18.1. The van der Waals surface area contributed by atoms with Crippen LogP contribution in [-0.2, 0) is 5.41 Å². The van der Waals surface area contributed by atoms with Gasteiger partial charge in [-0.3, -0.25) is 0 Å². The van der Waals surface area contributed by atoms with E-state index < -0.39 is 0 Å². The monoisotopic (exact) mass is 395 g/mol. The molecule has 3 aromatic rings. The maximum atomic E-state index is 11.1. The van der Waals surface area contributed by atoms with E-state index in [4.69, 9.17) is 4.74 Å². The van der Waals surface area contributed by atoms with Crippen molar-refractivity contribution < 1.29 is 9.84 Å². The topological polar surface area (TPSA) is 60.2 Å². The van der Waals surface area contributed by atoms with Crippen LogP contribution in [0.4, 0.5) is 0 Å². The van der Waals surface area contributed by atoms with Crippen LogP contribution in [-0.4, -0.2) is 26.7 Å². The van der Waals surface area contributed by atoms with Crippen LogP contribution in [0.15, 0.2) is 36.4 Å². The second kappa shape index (κ2) is 9.29. The normalized spacial score (nSPS) is 11.9. The molecule has 0 aliphatic rings. The summed E-state index contributed by atoms with van der Waals surface area (Å²) in [7, 11) is 0. The quantitative estimate of drug-likeness (QED) is 0.441. The van der Waals surface area contributed by atoms with Gasteiger partial charge in [-0.25, -0.2) is 0 Å². The lowest BCUT2D eigenvalue weighted by molar-refractivity contribution is 0.293. The molecule has 0 saturated heterocycles. The molecule has 0 aliphatic heterocycles. The minimum Gasteiger partial charge on any atom is -0.505 e. The van der Waals surface area contributed by atoms with E-state index in [-0.39, 0.29) is 11.2 Å². The highest BCUT2D eigenvalue weighted by Crippen LogP contribution is 2.41. The summed E-state index contributed by atoms with van der Waals surface area (Å²) in [4.78, 5) is 1.51. The number of hydrogen-bond donors (Lipinski definition) is 1. The van der Waals surface area contributed by atoms with Crippen molar-refractivity contribution in [1.29, 1.82) is 0 Å². The predicted molar refractivity (Wildman–Crippen MR) is 118 cm³/mol.